The number of thiophene rings is 1. The number of benzene rings is 1. The number of aryl methyl sites for hydroxylation is 2. The molecule has 0 fully saturated rings. The number of hydrogen-bond acceptors (Lipinski definition) is 3. The van der Waals surface area contributed by atoms with Gasteiger partial charge in [0.2, 0.25) is 0 Å². The smallest absolute Gasteiger partial charge is 0.252 e. The van der Waals surface area contributed by atoms with Crippen molar-refractivity contribution in [2.75, 3.05) is 13.1 Å². The Hall–Kier alpha value is -1.89. The zero-order chi connectivity index (χ0) is 17.6. The van der Waals surface area contributed by atoms with Crippen molar-refractivity contribution in [2.45, 2.75) is 17.6 Å². The second-order valence-corrected chi connectivity index (χ2v) is 9.83. The molecule has 0 amide bonds. The van der Waals surface area contributed by atoms with Gasteiger partial charge in [0, 0.05) is 47.7 Å². The van der Waals surface area contributed by atoms with Crippen LogP contribution in [0.1, 0.15) is 16.9 Å². The lowest BCUT2D eigenvalue weighted by molar-refractivity contribution is 0.443. The van der Waals surface area contributed by atoms with Crippen molar-refractivity contribution >= 4 is 37.8 Å². The number of sulfonamides is 1. The van der Waals surface area contributed by atoms with Crippen molar-refractivity contribution in [3.63, 3.8) is 0 Å². The Morgan fingerprint density at radius 2 is 1.92 bits per heavy atom. The summed E-state index contributed by atoms with van der Waals surface area (Å²) in [5.74, 6) is 0. The summed E-state index contributed by atoms with van der Waals surface area (Å²) < 4.78 is 29.7. The van der Waals surface area contributed by atoms with E-state index in [1.807, 2.05) is 32.2 Å². The molecule has 3 heterocycles. The van der Waals surface area contributed by atoms with Crippen LogP contribution >= 0.6 is 11.3 Å². The molecule has 0 saturated carbocycles. The first-order valence-electron chi connectivity index (χ1n) is 8.27. The molecule has 0 bridgehead atoms. The maximum atomic E-state index is 12.8. The van der Waals surface area contributed by atoms with Gasteiger partial charge in [-0.3, -0.25) is 0 Å². The Balaban J connectivity index is 1.64. The molecule has 25 heavy (non-hydrogen) atoms. The van der Waals surface area contributed by atoms with Gasteiger partial charge in [0.1, 0.15) is 4.21 Å². The molecule has 1 aromatic carbocycles. The Kier molecular flexibility index (Phi) is 4.06. The van der Waals surface area contributed by atoms with Gasteiger partial charge in [-0.05, 0) is 37.1 Å². The molecule has 130 valence electrons. The third-order valence-corrected chi connectivity index (χ3v) is 8.06. The van der Waals surface area contributed by atoms with Crippen LogP contribution in [-0.2, 0) is 17.1 Å². The van der Waals surface area contributed by atoms with Crippen molar-refractivity contribution in [3.8, 4) is 0 Å². The van der Waals surface area contributed by atoms with Crippen LogP contribution in [0.25, 0.3) is 16.5 Å². The van der Waals surface area contributed by atoms with Crippen molar-refractivity contribution in [1.29, 1.82) is 0 Å². The maximum absolute atomic E-state index is 12.8. The lowest BCUT2D eigenvalue weighted by Crippen LogP contribution is -2.34. The van der Waals surface area contributed by atoms with Gasteiger partial charge in [-0.1, -0.05) is 24.3 Å². The third kappa shape index (κ3) is 2.84. The lowest BCUT2D eigenvalue weighted by Gasteiger charge is -2.25. The van der Waals surface area contributed by atoms with Crippen LogP contribution in [0.15, 0.2) is 52.9 Å². The van der Waals surface area contributed by atoms with Crippen LogP contribution in [0.4, 0.5) is 0 Å². The second-order valence-electron chi connectivity index (χ2n) is 6.38. The van der Waals surface area contributed by atoms with Gasteiger partial charge in [-0.2, -0.15) is 4.31 Å². The van der Waals surface area contributed by atoms with Gasteiger partial charge in [0.15, 0.2) is 0 Å². The van der Waals surface area contributed by atoms with Gasteiger partial charge < -0.3 is 4.57 Å². The van der Waals surface area contributed by atoms with E-state index >= 15 is 0 Å². The number of nitrogens with zero attached hydrogens (tertiary/aromatic N) is 2. The van der Waals surface area contributed by atoms with E-state index in [0.717, 1.165) is 11.3 Å². The summed E-state index contributed by atoms with van der Waals surface area (Å²) in [6.07, 6.45) is 4.93. The highest BCUT2D eigenvalue weighted by Gasteiger charge is 2.28. The number of aromatic nitrogens is 1. The van der Waals surface area contributed by atoms with Crippen molar-refractivity contribution < 1.29 is 8.42 Å². The highest BCUT2D eigenvalue weighted by Crippen LogP contribution is 2.32. The molecular formula is C19H20N2O2S2. The fourth-order valence-corrected chi connectivity index (χ4v) is 6.21. The molecule has 4 rings (SSSR count). The zero-order valence-electron chi connectivity index (χ0n) is 14.3. The summed E-state index contributed by atoms with van der Waals surface area (Å²) >= 11 is 1.34. The standard InChI is InChI=1S/C19H20N2O2S2/c1-14-7-8-19(24-14)25(22,23)21-11-9-15(10-12-21)17-13-20(2)18-6-4-3-5-16(17)18/h3-9,13H,10-12H2,1-2H3. The van der Waals surface area contributed by atoms with Crippen molar-refractivity contribution in [3.05, 3.63) is 59.1 Å². The third-order valence-electron chi connectivity index (χ3n) is 4.72. The first kappa shape index (κ1) is 16.6. The molecule has 0 saturated heterocycles. The van der Waals surface area contributed by atoms with E-state index in [0.29, 0.717) is 17.3 Å². The Bertz CT molecular complexity index is 1070. The van der Waals surface area contributed by atoms with Crippen molar-refractivity contribution in [2.24, 2.45) is 7.05 Å². The van der Waals surface area contributed by atoms with Crippen LogP contribution in [-0.4, -0.2) is 30.4 Å². The van der Waals surface area contributed by atoms with Gasteiger partial charge in [-0.15, -0.1) is 11.3 Å². The Morgan fingerprint density at radius 1 is 1.12 bits per heavy atom. The molecule has 1 aliphatic rings. The molecule has 0 unspecified atom stereocenters. The van der Waals surface area contributed by atoms with E-state index in [9.17, 15) is 8.42 Å². The molecule has 2 aromatic heterocycles. The minimum absolute atomic E-state index is 0.428. The molecular weight excluding hydrogens is 352 g/mol. The van der Waals surface area contributed by atoms with E-state index < -0.39 is 10.0 Å². The van der Waals surface area contributed by atoms with Crippen LogP contribution in [0.3, 0.4) is 0 Å². The topological polar surface area (TPSA) is 42.3 Å². The predicted octanol–water partition coefficient (Wildman–Crippen LogP) is 4.03. The first-order chi connectivity index (χ1) is 12.0. The summed E-state index contributed by atoms with van der Waals surface area (Å²) in [5, 5.41) is 1.22. The highest BCUT2D eigenvalue weighted by molar-refractivity contribution is 7.91. The second kappa shape index (κ2) is 6.12. The molecule has 0 spiro atoms. The van der Waals surface area contributed by atoms with Crippen molar-refractivity contribution in [1.82, 2.24) is 8.87 Å². The van der Waals surface area contributed by atoms with Crippen LogP contribution in [0, 0.1) is 6.92 Å². The molecule has 4 nitrogen and oxygen atoms in total. The number of para-hydroxylation sites is 1. The Labute approximate surface area is 152 Å². The minimum Gasteiger partial charge on any atom is -0.350 e. The number of rotatable bonds is 3. The predicted molar refractivity (Wildman–Crippen MR) is 103 cm³/mol. The largest absolute Gasteiger partial charge is 0.350 e. The minimum atomic E-state index is -3.38. The summed E-state index contributed by atoms with van der Waals surface area (Å²) in [7, 11) is -1.34. The van der Waals surface area contributed by atoms with Crippen LogP contribution < -0.4 is 0 Å². The van der Waals surface area contributed by atoms with E-state index in [1.54, 1.807) is 10.4 Å². The van der Waals surface area contributed by atoms with Crippen LogP contribution in [0.2, 0.25) is 0 Å². The Morgan fingerprint density at radius 3 is 2.60 bits per heavy atom. The fraction of sp³-hybridized carbons (Fsp3) is 0.263. The monoisotopic (exact) mass is 372 g/mol. The molecule has 0 N–H and O–H groups in total. The molecule has 0 atom stereocenters. The molecule has 0 radical (unpaired) electrons. The number of hydrogen-bond donors (Lipinski definition) is 0. The average Bonchev–Trinajstić information content (AvgIpc) is 3.20. The van der Waals surface area contributed by atoms with E-state index in [4.69, 9.17) is 0 Å². The summed E-state index contributed by atoms with van der Waals surface area (Å²) in [6.45, 7) is 2.88. The van der Waals surface area contributed by atoms with Gasteiger partial charge in [-0.25, -0.2) is 8.42 Å². The number of fused-ring (bicyclic) bond motifs is 1. The van der Waals surface area contributed by atoms with E-state index in [2.05, 4.69) is 29.0 Å². The van der Waals surface area contributed by atoms with Gasteiger partial charge in [0.25, 0.3) is 10.0 Å². The normalized spacial score (nSPS) is 16.3. The fourth-order valence-electron chi connectivity index (χ4n) is 3.39. The summed E-state index contributed by atoms with van der Waals surface area (Å²) in [4.78, 5) is 1.02. The van der Waals surface area contributed by atoms with E-state index in [-0.39, 0.29) is 0 Å². The highest BCUT2D eigenvalue weighted by atomic mass is 32.2. The van der Waals surface area contributed by atoms with Gasteiger partial charge >= 0.3 is 0 Å². The molecule has 0 aliphatic carbocycles. The van der Waals surface area contributed by atoms with Crippen LogP contribution in [0.5, 0.6) is 0 Å². The SMILES string of the molecule is Cc1ccc(S(=O)(=O)N2CC=C(c3cn(C)c4ccccc34)CC2)s1. The quantitative estimate of drug-likeness (QED) is 0.697. The first-order valence-corrected chi connectivity index (χ1v) is 10.5. The lowest BCUT2D eigenvalue weighted by atomic mass is 10.00. The van der Waals surface area contributed by atoms with E-state index in [1.165, 1.54) is 33.4 Å². The van der Waals surface area contributed by atoms with Gasteiger partial charge in [0.05, 0.1) is 0 Å². The molecule has 6 heteroatoms. The summed E-state index contributed by atoms with van der Waals surface area (Å²) in [5.41, 5.74) is 3.63. The molecule has 3 aromatic rings. The zero-order valence-corrected chi connectivity index (χ0v) is 15.9. The molecule has 1 aliphatic heterocycles. The average molecular weight is 373 g/mol. The maximum Gasteiger partial charge on any atom is 0.252 e. The summed E-state index contributed by atoms with van der Waals surface area (Å²) in [6, 6.07) is 11.9.